The normalized spacial score (nSPS) is 21.6. The molecule has 2 amide bonds. The van der Waals surface area contributed by atoms with E-state index in [9.17, 15) is 18.4 Å². The Labute approximate surface area is 198 Å². The van der Waals surface area contributed by atoms with E-state index >= 15 is 0 Å². The van der Waals surface area contributed by atoms with Crippen molar-refractivity contribution in [1.29, 1.82) is 0 Å². The van der Waals surface area contributed by atoms with Crippen LogP contribution in [0.5, 0.6) is 0 Å². The average Bonchev–Trinajstić information content (AvgIpc) is 3.23. The third-order valence-electron chi connectivity index (χ3n) is 5.45. The summed E-state index contributed by atoms with van der Waals surface area (Å²) < 4.78 is 26.6. The summed E-state index contributed by atoms with van der Waals surface area (Å²) in [4.78, 5) is 25.2. The summed E-state index contributed by atoms with van der Waals surface area (Å²) in [5.74, 6) is -3.51. The Morgan fingerprint density at radius 3 is 2.45 bits per heavy atom. The molecular weight excluding hydrogens is 492 g/mol. The molecule has 0 heterocycles. The number of nitrogens with one attached hydrogen (secondary N) is 1. The van der Waals surface area contributed by atoms with Crippen LogP contribution in [-0.4, -0.2) is 28.6 Å². The Kier molecular flexibility index (Phi) is 6.78. The fourth-order valence-corrected chi connectivity index (χ4v) is 5.31. The molecule has 166 valence electrons. The standard InChI is InChI=1S/C21H18Cl4F2N2O2/c1-10-7-12(9-13(16(10)27)18(30)29-6-2-5-22)20(19(28)31)17(21(20,24)25)11-3-4-15(26)14(23)8-11/h3-4,7-9,17H,2,5-6H2,1H3,(H2,28,31)(H,29,30). The SMILES string of the molecule is Cc1cc(C2(C(N)=O)C(c3ccc(F)c(Cl)c3)C2(Cl)Cl)cc(C(=O)NCCCCl)c1F. The van der Waals surface area contributed by atoms with Crippen molar-refractivity contribution in [3.05, 3.63) is 69.2 Å². The van der Waals surface area contributed by atoms with E-state index in [1.165, 1.54) is 31.2 Å². The molecule has 3 N–H and O–H groups in total. The van der Waals surface area contributed by atoms with Gasteiger partial charge in [-0.1, -0.05) is 46.9 Å². The van der Waals surface area contributed by atoms with Crippen LogP contribution in [0.1, 0.15) is 39.4 Å². The zero-order valence-electron chi connectivity index (χ0n) is 16.2. The number of rotatable bonds is 7. The molecule has 0 aliphatic heterocycles. The molecule has 0 aromatic heterocycles. The van der Waals surface area contributed by atoms with Gasteiger partial charge in [-0.25, -0.2) is 8.78 Å². The van der Waals surface area contributed by atoms with Crippen molar-refractivity contribution in [3.63, 3.8) is 0 Å². The first-order valence-corrected chi connectivity index (χ1v) is 10.9. The van der Waals surface area contributed by atoms with Gasteiger partial charge < -0.3 is 11.1 Å². The first-order chi connectivity index (χ1) is 14.5. The van der Waals surface area contributed by atoms with Crippen LogP contribution in [0.15, 0.2) is 30.3 Å². The van der Waals surface area contributed by atoms with E-state index in [1.807, 2.05) is 0 Å². The lowest BCUT2D eigenvalue weighted by atomic mass is 9.87. The quantitative estimate of drug-likeness (QED) is 0.408. The second-order valence-electron chi connectivity index (χ2n) is 7.35. The molecule has 4 nitrogen and oxygen atoms in total. The van der Waals surface area contributed by atoms with E-state index in [4.69, 9.17) is 52.1 Å². The van der Waals surface area contributed by atoms with Crippen molar-refractivity contribution in [1.82, 2.24) is 5.32 Å². The van der Waals surface area contributed by atoms with Gasteiger partial charge in [0.15, 0.2) is 0 Å². The van der Waals surface area contributed by atoms with Gasteiger partial charge in [0.1, 0.15) is 21.4 Å². The van der Waals surface area contributed by atoms with Gasteiger partial charge >= 0.3 is 0 Å². The molecule has 0 radical (unpaired) electrons. The van der Waals surface area contributed by atoms with E-state index < -0.39 is 39.1 Å². The van der Waals surface area contributed by atoms with Gasteiger partial charge in [0.05, 0.1) is 10.6 Å². The van der Waals surface area contributed by atoms with E-state index in [-0.39, 0.29) is 28.3 Å². The number of benzene rings is 2. The van der Waals surface area contributed by atoms with Crippen LogP contribution in [0.3, 0.4) is 0 Å². The highest BCUT2D eigenvalue weighted by atomic mass is 35.5. The fraction of sp³-hybridized carbons (Fsp3) is 0.333. The maximum atomic E-state index is 14.7. The van der Waals surface area contributed by atoms with Crippen LogP contribution in [-0.2, 0) is 10.2 Å². The lowest BCUT2D eigenvalue weighted by Gasteiger charge is -2.18. The van der Waals surface area contributed by atoms with E-state index in [1.54, 1.807) is 0 Å². The molecule has 1 saturated carbocycles. The Morgan fingerprint density at radius 1 is 1.19 bits per heavy atom. The monoisotopic (exact) mass is 508 g/mol. The summed E-state index contributed by atoms with van der Waals surface area (Å²) >= 11 is 24.5. The minimum atomic E-state index is -1.73. The predicted octanol–water partition coefficient (Wildman–Crippen LogP) is 4.98. The Bertz CT molecular complexity index is 1060. The minimum Gasteiger partial charge on any atom is -0.369 e. The summed E-state index contributed by atoms with van der Waals surface area (Å²) in [6.07, 6.45) is 0.499. The van der Waals surface area contributed by atoms with Crippen molar-refractivity contribution in [2.45, 2.75) is 29.0 Å². The van der Waals surface area contributed by atoms with Crippen LogP contribution in [0.4, 0.5) is 8.78 Å². The summed E-state index contributed by atoms with van der Waals surface area (Å²) in [5, 5.41) is 2.39. The molecule has 2 aromatic rings. The number of amides is 2. The first-order valence-electron chi connectivity index (χ1n) is 9.27. The largest absolute Gasteiger partial charge is 0.369 e. The lowest BCUT2D eigenvalue weighted by Crippen LogP contribution is -2.35. The first kappa shape index (κ1) is 24.1. The molecule has 3 rings (SSSR count). The molecular formula is C21H18Cl4F2N2O2. The molecule has 2 atom stereocenters. The molecule has 1 aliphatic rings. The van der Waals surface area contributed by atoms with Crippen molar-refractivity contribution < 1.29 is 18.4 Å². The maximum absolute atomic E-state index is 14.7. The number of primary amides is 1. The second kappa shape index (κ2) is 8.74. The highest BCUT2D eigenvalue weighted by Crippen LogP contribution is 2.74. The molecule has 1 fully saturated rings. The van der Waals surface area contributed by atoms with Gasteiger partial charge in [-0.2, -0.15) is 0 Å². The number of carbonyl (C=O) groups excluding carboxylic acids is 2. The van der Waals surface area contributed by atoms with Crippen LogP contribution in [0.25, 0.3) is 0 Å². The third-order valence-corrected chi connectivity index (χ3v) is 7.04. The van der Waals surface area contributed by atoms with Crippen molar-refractivity contribution >= 4 is 58.2 Å². The number of alkyl halides is 3. The van der Waals surface area contributed by atoms with Gasteiger partial charge in [0.25, 0.3) is 5.91 Å². The van der Waals surface area contributed by atoms with Gasteiger partial charge in [-0.3, -0.25) is 9.59 Å². The minimum absolute atomic E-state index is 0.104. The summed E-state index contributed by atoms with van der Waals surface area (Å²) in [5.41, 5.74) is 4.43. The van der Waals surface area contributed by atoms with Crippen molar-refractivity contribution in [2.75, 3.05) is 12.4 Å². The number of hydrogen-bond acceptors (Lipinski definition) is 2. The topological polar surface area (TPSA) is 72.2 Å². The van der Waals surface area contributed by atoms with Crippen LogP contribution in [0, 0.1) is 18.6 Å². The average molecular weight is 510 g/mol. The van der Waals surface area contributed by atoms with Crippen LogP contribution < -0.4 is 11.1 Å². The van der Waals surface area contributed by atoms with E-state index in [2.05, 4.69) is 5.32 Å². The predicted molar refractivity (Wildman–Crippen MR) is 118 cm³/mol. The summed E-state index contributed by atoms with van der Waals surface area (Å²) in [6.45, 7) is 1.69. The number of nitrogens with two attached hydrogens (primary N) is 1. The maximum Gasteiger partial charge on any atom is 0.254 e. The zero-order valence-corrected chi connectivity index (χ0v) is 19.3. The van der Waals surface area contributed by atoms with Crippen molar-refractivity contribution in [3.8, 4) is 0 Å². The second-order valence-corrected chi connectivity index (χ2v) is 9.53. The Hall–Kier alpha value is -1.60. The van der Waals surface area contributed by atoms with Gasteiger partial charge in [0.2, 0.25) is 5.91 Å². The highest BCUT2D eigenvalue weighted by molar-refractivity contribution is 6.55. The Morgan fingerprint density at radius 2 is 1.87 bits per heavy atom. The van der Waals surface area contributed by atoms with E-state index in [0.717, 1.165) is 6.07 Å². The number of halogens is 6. The molecule has 31 heavy (non-hydrogen) atoms. The van der Waals surface area contributed by atoms with Crippen molar-refractivity contribution in [2.24, 2.45) is 5.73 Å². The molecule has 10 heteroatoms. The molecule has 2 unspecified atom stereocenters. The van der Waals surface area contributed by atoms with Gasteiger partial charge in [0, 0.05) is 18.3 Å². The molecule has 0 spiro atoms. The molecule has 0 saturated heterocycles. The Balaban J connectivity index is 2.12. The third kappa shape index (κ3) is 3.88. The zero-order chi connectivity index (χ0) is 23.1. The van der Waals surface area contributed by atoms with Crippen LogP contribution >= 0.6 is 46.4 Å². The number of hydrogen-bond donors (Lipinski definition) is 2. The van der Waals surface area contributed by atoms with E-state index in [0.29, 0.717) is 17.9 Å². The highest BCUT2D eigenvalue weighted by Gasteiger charge is 2.80. The molecule has 0 bridgehead atoms. The fourth-order valence-electron chi connectivity index (χ4n) is 3.89. The van der Waals surface area contributed by atoms with Gasteiger partial charge in [-0.05, 0) is 48.2 Å². The number of aryl methyl sites for hydroxylation is 1. The molecule has 2 aromatic carbocycles. The van der Waals surface area contributed by atoms with Crippen LogP contribution in [0.2, 0.25) is 5.02 Å². The lowest BCUT2D eigenvalue weighted by molar-refractivity contribution is -0.120. The number of carbonyl (C=O) groups is 2. The van der Waals surface area contributed by atoms with Gasteiger partial charge in [-0.15, -0.1) is 11.6 Å². The smallest absolute Gasteiger partial charge is 0.254 e. The summed E-state index contributed by atoms with van der Waals surface area (Å²) in [6, 6.07) is 6.42. The summed E-state index contributed by atoms with van der Waals surface area (Å²) in [7, 11) is 0. The molecule has 1 aliphatic carbocycles.